The lowest BCUT2D eigenvalue weighted by atomic mass is 10.0. The van der Waals surface area contributed by atoms with Crippen LogP contribution < -0.4 is 10.6 Å². The minimum atomic E-state index is -3.35. The van der Waals surface area contributed by atoms with Crippen LogP contribution in [0.5, 0.6) is 0 Å². The summed E-state index contributed by atoms with van der Waals surface area (Å²) in [6.45, 7) is 0.479. The Kier molecular flexibility index (Phi) is 6.13. The van der Waals surface area contributed by atoms with Gasteiger partial charge in [0.15, 0.2) is 9.84 Å². The van der Waals surface area contributed by atoms with Crippen molar-refractivity contribution in [1.82, 2.24) is 0 Å². The van der Waals surface area contributed by atoms with Crippen LogP contribution in [0.1, 0.15) is 22.3 Å². The Bertz CT molecular complexity index is 1150. The van der Waals surface area contributed by atoms with E-state index in [2.05, 4.69) is 0 Å². The molecule has 2 aromatic carbocycles. The van der Waals surface area contributed by atoms with Crippen LogP contribution in [0.4, 0.5) is 11.4 Å². The van der Waals surface area contributed by atoms with Crippen molar-refractivity contribution in [3.05, 3.63) is 57.6 Å². The molecular formula is C19H19N3O6S2. The van der Waals surface area contributed by atoms with Gasteiger partial charge in [-0.05, 0) is 48.7 Å². The van der Waals surface area contributed by atoms with Crippen molar-refractivity contribution in [3.8, 4) is 0 Å². The lowest BCUT2D eigenvalue weighted by molar-refractivity contribution is -0.387. The fraction of sp³-hybridized carbons (Fsp3) is 0.263. The highest BCUT2D eigenvalue weighted by atomic mass is 32.2. The number of aryl methyl sites for hydroxylation is 1. The molecule has 0 aromatic heterocycles. The monoisotopic (exact) mass is 449 g/mol. The minimum absolute atomic E-state index is 0.0176. The normalized spacial score (nSPS) is 13.6. The number of primary amides is 1. The first-order valence-electron chi connectivity index (χ1n) is 8.92. The van der Waals surface area contributed by atoms with Crippen LogP contribution >= 0.6 is 11.8 Å². The summed E-state index contributed by atoms with van der Waals surface area (Å²) in [7, 11) is -3.35. The van der Waals surface area contributed by atoms with Crippen LogP contribution in [0.25, 0.3) is 0 Å². The molecule has 0 aliphatic carbocycles. The van der Waals surface area contributed by atoms with Gasteiger partial charge in [-0.2, -0.15) is 0 Å². The van der Waals surface area contributed by atoms with Crippen molar-refractivity contribution >= 4 is 44.8 Å². The molecule has 1 heterocycles. The maximum atomic E-state index is 12.8. The van der Waals surface area contributed by atoms with Crippen molar-refractivity contribution < 1.29 is 22.9 Å². The van der Waals surface area contributed by atoms with Crippen LogP contribution in [0.15, 0.2) is 46.2 Å². The third kappa shape index (κ3) is 4.62. The van der Waals surface area contributed by atoms with Crippen LogP contribution in [-0.4, -0.2) is 43.7 Å². The van der Waals surface area contributed by atoms with Crippen molar-refractivity contribution in [1.29, 1.82) is 0 Å². The van der Waals surface area contributed by atoms with E-state index in [1.54, 1.807) is 17.0 Å². The van der Waals surface area contributed by atoms with Gasteiger partial charge in [0.05, 0.1) is 20.5 Å². The molecule has 0 bridgehead atoms. The van der Waals surface area contributed by atoms with Crippen molar-refractivity contribution in [2.24, 2.45) is 5.73 Å². The zero-order chi connectivity index (χ0) is 22.1. The molecule has 1 aliphatic rings. The van der Waals surface area contributed by atoms with Gasteiger partial charge >= 0.3 is 0 Å². The lowest BCUT2D eigenvalue weighted by Crippen LogP contribution is -2.36. The molecule has 2 aromatic rings. The fourth-order valence-corrected chi connectivity index (χ4v) is 4.77. The predicted octanol–water partition coefficient (Wildman–Crippen LogP) is 2.17. The zero-order valence-corrected chi connectivity index (χ0v) is 17.7. The van der Waals surface area contributed by atoms with Gasteiger partial charge in [0.25, 0.3) is 5.69 Å². The first kappa shape index (κ1) is 21.8. The summed E-state index contributed by atoms with van der Waals surface area (Å²) in [5.41, 5.74) is 6.32. The highest BCUT2D eigenvalue weighted by Crippen LogP contribution is 2.33. The Morgan fingerprint density at radius 3 is 2.60 bits per heavy atom. The topological polar surface area (TPSA) is 141 Å². The molecule has 1 aliphatic heterocycles. The number of carbonyl (C=O) groups excluding carboxylic acids is 2. The maximum absolute atomic E-state index is 12.8. The number of benzene rings is 2. The smallest absolute Gasteiger partial charge is 0.283 e. The zero-order valence-electron chi connectivity index (χ0n) is 16.0. The highest BCUT2D eigenvalue weighted by Gasteiger charge is 2.25. The van der Waals surface area contributed by atoms with E-state index in [1.807, 2.05) is 0 Å². The molecule has 0 unspecified atom stereocenters. The number of thioether (sulfide) groups is 1. The second-order valence-electron chi connectivity index (χ2n) is 6.80. The van der Waals surface area contributed by atoms with E-state index in [0.29, 0.717) is 25.1 Å². The van der Waals surface area contributed by atoms with Gasteiger partial charge in [-0.3, -0.25) is 19.7 Å². The van der Waals surface area contributed by atoms with Crippen molar-refractivity contribution in [2.75, 3.05) is 23.5 Å². The first-order valence-corrected chi connectivity index (χ1v) is 11.8. The van der Waals surface area contributed by atoms with Crippen LogP contribution in [0.3, 0.4) is 0 Å². The van der Waals surface area contributed by atoms with E-state index in [0.717, 1.165) is 29.6 Å². The second kappa shape index (κ2) is 8.44. The van der Waals surface area contributed by atoms with E-state index in [9.17, 15) is 28.1 Å². The maximum Gasteiger partial charge on any atom is 0.283 e. The molecule has 0 saturated carbocycles. The number of rotatable bonds is 6. The molecule has 3 rings (SSSR count). The second-order valence-corrected chi connectivity index (χ2v) is 9.84. The summed E-state index contributed by atoms with van der Waals surface area (Å²) in [5.74, 6) is -1.07. The third-order valence-electron chi connectivity index (χ3n) is 4.69. The van der Waals surface area contributed by atoms with E-state index in [1.165, 1.54) is 18.2 Å². The molecule has 2 amide bonds. The summed E-state index contributed by atoms with van der Waals surface area (Å²) in [6.07, 6.45) is 2.48. The number of nitro groups is 1. The molecule has 30 heavy (non-hydrogen) atoms. The molecular weight excluding hydrogens is 430 g/mol. The average molecular weight is 450 g/mol. The number of hydrogen-bond donors (Lipinski definition) is 1. The van der Waals surface area contributed by atoms with Gasteiger partial charge in [0.1, 0.15) is 0 Å². The number of carbonyl (C=O) groups is 2. The molecule has 0 fully saturated rings. The third-order valence-corrected chi connectivity index (χ3v) is 6.85. The molecule has 0 saturated heterocycles. The minimum Gasteiger partial charge on any atom is -0.366 e. The Morgan fingerprint density at radius 1 is 1.23 bits per heavy atom. The largest absolute Gasteiger partial charge is 0.366 e. The molecule has 0 spiro atoms. The standard InChI is InChI=1S/C19H19N3O6S2/c1-30(27,28)14-5-6-15-12(9-14)3-2-8-21(15)18(23)11-29-17-7-4-13(19(20)24)10-16(17)22(25)26/h4-7,9-10H,2-3,8,11H2,1H3,(H2,20,24). The Labute approximate surface area is 177 Å². The molecule has 2 N–H and O–H groups in total. The van der Waals surface area contributed by atoms with Crippen molar-refractivity contribution in [2.45, 2.75) is 22.6 Å². The van der Waals surface area contributed by atoms with Gasteiger partial charge in [-0.1, -0.05) is 0 Å². The summed E-state index contributed by atoms with van der Waals surface area (Å²) in [4.78, 5) is 36.8. The summed E-state index contributed by atoms with van der Waals surface area (Å²) < 4.78 is 23.6. The predicted molar refractivity (Wildman–Crippen MR) is 113 cm³/mol. The van der Waals surface area contributed by atoms with Crippen molar-refractivity contribution in [3.63, 3.8) is 0 Å². The van der Waals surface area contributed by atoms with Crippen LogP contribution in [0, 0.1) is 10.1 Å². The van der Waals surface area contributed by atoms with Gasteiger partial charge in [-0.15, -0.1) is 11.8 Å². The van der Waals surface area contributed by atoms with Gasteiger partial charge in [0, 0.05) is 30.1 Å². The first-order chi connectivity index (χ1) is 14.1. The van der Waals surface area contributed by atoms with E-state index >= 15 is 0 Å². The number of anilines is 1. The van der Waals surface area contributed by atoms with E-state index in [4.69, 9.17) is 5.73 Å². The summed E-state index contributed by atoms with van der Waals surface area (Å²) in [5, 5.41) is 11.3. The Balaban J connectivity index is 1.80. The summed E-state index contributed by atoms with van der Waals surface area (Å²) in [6, 6.07) is 8.56. The molecule has 0 radical (unpaired) electrons. The molecule has 11 heteroatoms. The number of sulfone groups is 1. The quantitative estimate of drug-likeness (QED) is 0.405. The Hall–Kier alpha value is -2.92. The van der Waals surface area contributed by atoms with Gasteiger partial charge in [-0.25, -0.2) is 8.42 Å². The SMILES string of the molecule is CS(=O)(=O)c1ccc2c(c1)CCCN2C(=O)CSc1ccc(C(N)=O)cc1[N+](=O)[O-]. The summed E-state index contributed by atoms with van der Waals surface area (Å²) >= 11 is 0.999. The highest BCUT2D eigenvalue weighted by molar-refractivity contribution is 8.00. The van der Waals surface area contributed by atoms with Gasteiger partial charge in [0.2, 0.25) is 11.8 Å². The lowest BCUT2D eigenvalue weighted by Gasteiger charge is -2.29. The molecule has 158 valence electrons. The average Bonchev–Trinajstić information content (AvgIpc) is 2.70. The van der Waals surface area contributed by atoms with Gasteiger partial charge < -0.3 is 10.6 Å². The number of fused-ring (bicyclic) bond motifs is 1. The Morgan fingerprint density at radius 2 is 1.97 bits per heavy atom. The fourth-order valence-electron chi connectivity index (χ4n) is 3.22. The van der Waals surface area contributed by atoms with Crippen LogP contribution in [0.2, 0.25) is 0 Å². The molecule has 9 nitrogen and oxygen atoms in total. The number of hydrogen-bond acceptors (Lipinski definition) is 7. The van der Waals surface area contributed by atoms with E-state index in [-0.39, 0.29) is 32.7 Å². The number of nitro benzene ring substituents is 1. The number of nitrogens with zero attached hydrogens (tertiary/aromatic N) is 2. The number of nitrogens with two attached hydrogens (primary N) is 1. The number of amides is 2. The van der Waals surface area contributed by atoms with E-state index < -0.39 is 20.7 Å². The molecule has 0 atom stereocenters. The van der Waals surface area contributed by atoms with Crippen LogP contribution in [-0.2, 0) is 21.1 Å².